The highest BCUT2D eigenvalue weighted by atomic mass is 79.9. The zero-order chi connectivity index (χ0) is 18.2. The average molecular weight is 399 g/mol. The molecule has 6 heteroatoms. The maximum absolute atomic E-state index is 11.8. The van der Waals surface area contributed by atoms with Crippen molar-refractivity contribution >= 4 is 39.6 Å². The largest absolute Gasteiger partial charge is 0.452 e. The number of carbonyl (C=O) groups excluding carboxylic acids is 2. The minimum absolute atomic E-state index is 0.408. The summed E-state index contributed by atoms with van der Waals surface area (Å²) in [7, 11) is 0. The minimum Gasteiger partial charge on any atom is -0.452 e. The van der Waals surface area contributed by atoms with Crippen molar-refractivity contribution in [1.29, 1.82) is 5.26 Å². The second kappa shape index (κ2) is 8.81. The molecule has 2 rings (SSSR count). The molecule has 0 aliphatic rings. The lowest BCUT2D eigenvalue weighted by Gasteiger charge is -2.05. The number of nitrogens with one attached hydrogen (secondary N) is 1. The summed E-state index contributed by atoms with van der Waals surface area (Å²) in [6.45, 7) is 1.56. The van der Waals surface area contributed by atoms with Crippen LogP contribution in [0.4, 0.5) is 5.69 Å². The van der Waals surface area contributed by atoms with Crippen LogP contribution in [0.1, 0.15) is 16.7 Å². The van der Waals surface area contributed by atoms with E-state index in [1.165, 1.54) is 12.1 Å². The standard InChI is InChI=1S/C19H15BrN2O3/c1-13-5-6-15(17(20)9-13)7-8-19(24)25-12-18(23)22-16-4-2-3-14(10-16)11-21/h2-10H,12H2,1H3,(H,22,23)/b8-7+. The number of hydrogen-bond donors (Lipinski definition) is 1. The summed E-state index contributed by atoms with van der Waals surface area (Å²) in [6.07, 6.45) is 2.87. The van der Waals surface area contributed by atoms with E-state index in [0.717, 1.165) is 15.6 Å². The van der Waals surface area contributed by atoms with Crippen LogP contribution in [-0.4, -0.2) is 18.5 Å². The highest BCUT2D eigenvalue weighted by Gasteiger charge is 2.06. The Morgan fingerprint density at radius 2 is 2.08 bits per heavy atom. The predicted octanol–water partition coefficient (Wildman–Crippen LogP) is 3.82. The maximum Gasteiger partial charge on any atom is 0.331 e. The highest BCUT2D eigenvalue weighted by molar-refractivity contribution is 9.10. The molecule has 0 aromatic heterocycles. The molecule has 0 aliphatic carbocycles. The van der Waals surface area contributed by atoms with Crippen LogP contribution >= 0.6 is 15.9 Å². The van der Waals surface area contributed by atoms with Gasteiger partial charge in [0.2, 0.25) is 0 Å². The van der Waals surface area contributed by atoms with Gasteiger partial charge in [-0.05, 0) is 48.4 Å². The molecule has 25 heavy (non-hydrogen) atoms. The van der Waals surface area contributed by atoms with Crippen LogP contribution in [-0.2, 0) is 14.3 Å². The van der Waals surface area contributed by atoms with Crippen molar-refractivity contribution in [2.45, 2.75) is 6.92 Å². The Balaban J connectivity index is 1.85. The number of nitriles is 1. The van der Waals surface area contributed by atoms with Crippen molar-refractivity contribution in [3.05, 3.63) is 69.7 Å². The van der Waals surface area contributed by atoms with Gasteiger partial charge < -0.3 is 10.1 Å². The van der Waals surface area contributed by atoms with Gasteiger partial charge in [-0.3, -0.25) is 4.79 Å². The molecule has 0 saturated carbocycles. The molecule has 0 heterocycles. The lowest BCUT2D eigenvalue weighted by atomic mass is 10.1. The molecular weight excluding hydrogens is 384 g/mol. The van der Waals surface area contributed by atoms with Gasteiger partial charge in [0.05, 0.1) is 11.6 Å². The molecule has 5 nitrogen and oxygen atoms in total. The van der Waals surface area contributed by atoms with E-state index in [9.17, 15) is 9.59 Å². The second-order valence-electron chi connectivity index (χ2n) is 5.21. The van der Waals surface area contributed by atoms with Gasteiger partial charge >= 0.3 is 5.97 Å². The molecule has 0 radical (unpaired) electrons. The summed E-state index contributed by atoms with van der Waals surface area (Å²) in [5, 5.41) is 11.4. The molecule has 2 aromatic carbocycles. The van der Waals surface area contributed by atoms with Crippen LogP contribution in [0.3, 0.4) is 0 Å². The monoisotopic (exact) mass is 398 g/mol. The summed E-state index contributed by atoms with van der Waals surface area (Å²) >= 11 is 3.42. The van der Waals surface area contributed by atoms with Gasteiger partial charge in [-0.15, -0.1) is 0 Å². The average Bonchev–Trinajstić information content (AvgIpc) is 2.59. The number of esters is 1. The first-order chi connectivity index (χ1) is 12.0. The van der Waals surface area contributed by atoms with Crippen LogP contribution in [0.15, 0.2) is 53.0 Å². The normalized spacial score (nSPS) is 10.3. The second-order valence-corrected chi connectivity index (χ2v) is 6.06. The van der Waals surface area contributed by atoms with E-state index < -0.39 is 18.5 Å². The molecule has 0 saturated heterocycles. The van der Waals surface area contributed by atoms with E-state index in [-0.39, 0.29) is 0 Å². The molecule has 1 N–H and O–H groups in total. The van der Waals surface area contributed by atoms with Crippen LogP contribution < -0.4 is 5.32 Å². The fraction of sp³-hybridized carbons (Fsp3) is 0.105. The zero-order valence-electron chi connectivity index (χ0n) is 13.5. The van der Waals surface area contributed by atoms with Gasteiger partial charge in [-0.2, -0.15) is 5.26 Å². The van der Waals surface area contributed by atoms with Gasteiger partial charge in [0.25, 0.3) is 5.91 Å². The van der Waals surface area contributed by atoms with Crippen LogP contribution in [0.25, 0.3) is 6.08 Å². The number of hydrogen-bond acceptors (Lipinski definition) is 4. The third-order valence-electron chi connectivity index (χ3n) is 3.18. The Bertz CT molecular complexity index is 869. The van der Waals surface area contributed by atoms with Crippen molar-refractivity contribution in [2.75, 3.05) is 11.9 Å². The Morgan fingerprint density at radius 1 is 1.28 bits per heavy atom. The van der Waals surface area contributed by atoms with E-state index in [4.69, 9.17) is 10.00 Å². The van der Waals surface area contributed by atoms with Crippen LogP contribution in [0.2, 0.25) is 0 Å². The highest BCUT2D eigenvalue weighted by Crippen LogP contribution is 2.19. The summed E-state index contributed by atoms with van der Waals surface area (Å²) in [5.74, 6) is -1.10. The number of anilines is 1. The number of benzene rings is 2. The molecule has 0 aliphatic heterocycles. The van der Waals surface area contributed by atoms with Crippen LogP contribution in [0, 0.1) is 18.3 Å². The topological polar surface area (TPSA) is 79.2 Å². The van der Waals surface area contributed by atoms with E-state index in [1.54, 1.807) is 24.3 Å². The van der Waals surface area contributed by atoms with Gasteiger partial charge in [-0.1, -0.05) is 34.1 Å². The lowest BCUT2D eigenvalue weighted by molar-refractivity contribution is -0.142. The molecule has 0 atom stereocenters. The Hall–Kier alpha value is -2.91. The van der Waals surface area contributed by atoms with Crippen molar-refractivity contribution < 1.29 is 14.3 Å². The zero-order valence-corrected chi connectivity index (χ0v) is 15.0. The number of ether oxygens (including phenoxy) is 1. The third kappa shape index (κ3) is 5.90. The van der Waals surface area contributed by atoms with Gasteiger partial charge in [0, 0.05) is 16.2 Å². The molecule has 0 fully saturated rings. The minimum atomic E-state index is -0.617. The molecule has 2 aromatic rings. The van der Waals surface area contributed by atoms with E-state index in [0.29, 0.717) is 11.3 Å². The number of halogens is 1. The predicted molar refractivity (Wildman–Crippen MR) is 98.7 cm³/mol. The van der Waals surface area contributed by atoms with Gasteiger partial charge in [0.15, 0.2) is 6.61 Å². The van der Waals surface area contributed by atoms with E-state index in [1.807, 2.05) is 31.2 Å². The third-order valence-corrected chi connectivity index (χ3v) is 3.86. The van der Waals surface area contributed by atoms with E-state index >= 15 is 0 Å². The van der Waals surface area contributed by atoms with Crippen molar-refractivity contribution in [3.63, 3.8) is 0 Å². The number of aryl methyl sites for hydroxylation is 1. The summed E-state index contributed by atoms with van der Waals surface area (Å²) in [5.41, 5.74) is 2.84. The Labute approximate surface area is 154 Å². The summed E-state index contributed by atoms with van der Waals surface area (Å²) in [6, 6.07) is 14.2. The summed E-state index contributed by atoms with van der Waals surface area (Å²) in [4.78, 5) is 23.5. The first-order valence-electron chi connectivity index (χ1n) is 7.39. The fourth-order valence-electron chi connectivity index (χ4n) is 1.97. The van der Waals surface area contributed by atoms with Crippen molar-refractivity contribution in [2.24, 2.45) is 0 Å². The molecule has 0 bridgehead atoms. The molecule has 0 unspecified atom stereocenters. The van der Waals surface area contributed by atoms with Crippen molar-refractivity contribution in [1.82, 2.24) is 0 Å². The quantitative estimate of drug-likeness (QED) is 0.612. The number of amides is 1. The fourth-order valence-corrected chi connectivity index (χ4v) is 2.60. The number of nitrogens with zero attached hydrogens (tertiary/aromatic N) is 1. The lowest BCUT2D eigenvalue weighted by Crippen LogP contribution is -2.20. The van der Waals surface area contributed by atoms with Gasteiger partial charge in [0.1, 0.15) is 0 Å². The number of carbonyl (C=O) groups is 2. The van der Waals surface area contributed by atoms with Crippen LogP contribution in [0.5, 0.6) is 0 Å². The van der Waals surface area contributed by atoms with Gasteiger partial charge in [-0.25, -0.2) is 4.79 Å². The smallest absolute Gasteiger partial charge is 0.331 e. The molecule has 1 amide bonds. The van der Waals surface area contributed by atoms with E-state index in [2.05, 4.69) is 21.2 Å². The molecular formula is C19H15BrN2O3. The number of rotatable bonds is 5. The molecule has 0 spiro atoms. The van der Waals surface area contributed by atoms with Crippen molar-refractivity contribution in [3.8, 4) is 6.07 Å². The SMILES string of the molecule is Cc1ccc(/C=C/C(=O)OCC(=O)Nc2cccc(C#N)c2)c(Br)c1. The first kappa shape index (κ1) is 18.4. The first-order valence-corrected chi connectivity index (χ1v) is 8.18. The Morgan fingerprint density at radius 3 is 2.80 bits per heavy atom. The summed E-state index contributed by atoms with van der Waals surface area (Å²) < 4.78 is 5.77. The maximum atomic E-state index is 11.8. The Kier molecular flexibility index (Phi) is 6.49. The molecule has 126 valence electrons.